The molecule has 22 heavy (non-hydrogen) atoms. The summed E-state index contributed by atoms with van der Waals surface area (Å²) in [5, 5.41) is 3.19. The lowest BCUT2D eigenvalue weighted by molar-refractivity contribution is -0.117. The first-order chi connectivity index (χ1) is 10.6. The van der Waals surface area contributed by atoms with Crippen LogP contribution in [0.2, 0.25) is 0 Å². The van der Waals surface area contributed by atoms with Gasteiger partial charge in [-0.15, -0.1) is 11.3 Å². The average molecular weight is 319 g/mol. The largest absolute Gasteiger partial charge is 0.497 e. The maximum atomic E-state index is 11.1. The molecular formula is C16H21N3O2S. The van der Waals surface area contributed by atoms with Gasteiger partial charge in [0.2, 0.25) is 5.91 Å². The number of carbonyl (C=O) groups is 1. The van der Waals surface area contributed by atoms with E-state index in [0.29, 0.717) is 19.5 Å². The van der Waals surface area contributed by atoms with Crippen LogP contribution in [-0.4, -0.2) is 24.5 Å². The second kappa shape index (κ2) is 7.79. The van der Waals surface area contributed by atoms with E-state index in [-0.39, 0.29) is 5.91 Å². The van der Waals surface area contributed by atoms with Crippen LogP contribution < -0.4 is 15.4 Å². The Hall–Kier alpha value is -2.08. The SMILES string of the molecule is CCc1nc(CN(CCC(N)=O)c2ccc(OC)cc2)cs1. The molecule has 1 aromatic heterocycles. The summed E-state index contributed by atoms with van der Waals surface area (Å²) in [6.07, 6.45) is 1.26. The number of amides is 1. The van der Waals surface area contributed by atoms with Gasteiger partial charge in [0.1, 0.15) is 5.75 Å². The zero-order valence-electron chi connectivity index (χ0n) is 12.9. The van der Waals surface area contributed by atoms with E-state index in [2.05, 4.69) is 22.2 Å². The van der Waals surface area contributed by atoms with Crippen molar-refractivity contribution in [3.63, 3.8) is 0 Å². The van der Waals surface area contributed by atoms with Crippen LogP contribution >= 0.6 is 11.3 Å². The lowest BCUT2D eigenvalue weighted by Crippen LogP contribution is -2.27. The van der Waals surface area contributed by atoms with E-state index in [1.807, 2.05) is 24.3 Å². The monoisotopic (exact) mass is 319 g/mol. The van der Waals surface area contributed by atoms with Crippen molar-refractivity contribution < 1.29 is 9.53 Å². The molecule has 2 aromatic rings. The van der Waals surface area contributed by atoms with Gasteiger partial charge in [0, 0.05) is 24.0 Å². The fourth-order valence-electron chi connectivity index (χ4n) is 2.12. The summed E-state index contributed by atoms with van der Waals surface area (Å²) in [5.41, 5.74) is 7.32. The van der Waals surface area contributed by atoms with Crippen LogP contribution in [0.3, 0.4) is 0 Å². The number of aryl methyl sites for hydroxylation is 1. The molecule has 0 saturated heterocycles. The highest BCUT2D eigenvalue weighted by Crippen LogP contribution is 2.22. The van der Waals surface area contributed by atoms with Crippen molar-refractivity contribution in [2.24, 2.45) is 5.73 Å². The Balaban J connectivity index is 2.14. The first kappa shape index (κ1) is 16.3. The van der Waals surface area contributed by atoms with Crippen molar-refractivity contribution in [1.82, 2.24) is 4.98 Å². The Kier molecular flexibility index (Phi) is 5.77. The fraction of sp³-hybridized carbons (Fsp3) is 0.375. The molecule has 0 aliphatic carbocycles. The molecule has 2 N–H and O–H groups in total. The highest BCUT2D eigenvalue weighted by Gasteiger charge is 2.11. The summed E-state index contributed by atoms with van der Waals surface area (Å²) in [4.78, 5) is 17.8. The minimum absolute atomic E-state index is 0.300. The molecule has 0 saturated carbocycles. The van der Waals surface area contributed by atoms with Crippen LogP contribution in [0.15, 0.2) is 29.6 Å². The van der Waals surface area contributed by atoms with E-state index < -0.39 is 0 Å². The Morgan fingerprint density at radius 2 is 2.09 bits per heavy atom. The molecule has 0 radical (unpaired) electrons. The molecule has 0 aliphatic rings. The molecule has 0 atom stereocenters. The molecule has 1 heterocycles. The van der Waals surface area contributed by atoms with Gasteiger partial charge in [-0.1, -0.05) is 6.92 Å². The molecular weight excluding hydrogens is 298 g/mol. The summed E-state index contributed by atoms with van der Waals surface area (Å²) in [7, 11) is 1.64. The molecule has 0 spiro atoms. The molecule has 6 heteroatoms. The van der Waals surface area contributed by atoms with Gasteiger partial charge in [-0.3, -0.25) is 4.79 Å². The van der Waals surface area contributed by atoms with E-state index in [1.165, 1.54) is 0 Å². The number of hydrogen-bond donors (Lipinski definition) is 1. The number of thiazole rings is 1. The zero-order valence-corrected chi connectivity index (χ0v) is 13.7. The van der Waals surface area contributed by atoms with E-state index in [9.17, 15) is 4.79 Å². The minimum Gasteiger partial charge on any atom is -0.497 e. The van der Waals surface area contributed by atoms with Crippen LogP contribution in [0.5, 0.6) is 5.75 Å². The third-order valence-electron chi connectivity index (χ3n) is 3.32. The van der Waals surface area contributed by atoms with E-state index in [4.69, 9.17) is 10.5 Å². The number of nitrogens with two attached hydrogens (primary N) is 1. The first-order valence-corrected chi connectivity index (χ1v) is 8.11. The number of rotatable bonds is 8. The highest BCUT2D eigenvalue weighted by atomic mass is 32.1. The number of benzene rings is 1. The van der Waals surface area contributed by atoms with E-state index >= 15 is 0 Å². The Labute approximate surface area is 134 Å². The number of carbonyl (C=O) groups excluding carboxylic acids is 1. The van der Waals surface area contributed by atoms with Crippen molar-refractivity contribution in [1.29, 1.82) is 0 Å². The van der Waals surface area contributed by atoms with Crippen molar-refractivity contribution in [2.75, 3.05) is 18.6 Å². The Bertz CT molecular complexity index is 610. The first-order valence-electron chi connectivity index (χ1n) is 7.23. The van der Waals surface area contributed by atoms with Crippen molar-refractivity contribution in [2.45, 2.75) is 26.3 Å². The van der Waals surface area contributed by atoms with Gasteiger partial charge >= 0.3 is 0 Å². The Morgan fingerprint density at radius 3 is 2.64 bits per heavy atom. The number of nitrogens with zero attached hydrogens (tertiary/aromatic N) is 2. The number of ether oxygens (including phenoxy) is 1. The highest BCUT2D eigenvalue weighted by molar-refractivity contribution is 7.09. The molecule has 118 valence electrons. The van der Waals surface area contributed by atoms with Crippen LogP contribution in [0.1, 0.15) is 24.0 Å². The van der Waals surface area contributed by atoms with Crippen molar-refractivity contribution in [3.8, 4) is 5.75 Å². The van der Waals surface area contributed by atoms with Crippen LogP contribution in [0.4, 0.5) is 5.69 Å². The molecule has 1 aromatic carbocycles. The topological polar surface area (TPSA) is 68.5 Å². The normalized spacial score (nSPS) is 10.5. The molecule has 2 rings (SSSR count). The van der Waals surface area contributed by atoms with Gasteiger partial charge in [-0.2, -0.15) is 0 Å². The number of aromatic nitrogens is 1. The lowest BCUT2D eigenvalue weighted by atomic mass is 10.2. The molecule has 0 bridgehead atoms. The summed E-state index contributed by atoms with van der Waals surface area (Å²) >= 11 is 1.67. The predicted octanol–water partition coefficient (Wildman–Crippen LogP) is 2.60. The number of hydrogen-bond acceptors (Lipinski definition) is 5. The van der Waals surface area contributed by atoms with E-state index in [0.717, 1.165) is 28.6 Å². The van der Waals surface area contributed by atoms with Gasteiger partial charge in [-0.05, 0) is 30.7 Å². The number of anilines is 1. The smallest absolute Gasteiger partial charge is 0.219 e. The van der Waals surface area contributed by atoms with Gasteiger partial charge in [0.15, 0.2) is 0 Å². The predicted molar refractivity (Wildman–Crippen MR) is 89.3 cm³/mol. The number of primary amides is 1. The maximum Gasteiger partial charge on any atom is 0.219 e. The second-order valence-corrected chi connectivity index (χ2v) is 5.86. The minimum atomic E-state index is -0.300. The second-order valence-electron chi connectivity index (χ2n) is 4.92. The zero-order chi connectivity index (χ0) is 15.9. The van der Waals surface area contributed by atoms with Gasteiger partial charge in [-0.25, -0.2) is 4.98 Å². The third kappa shape index (κ3) is 4.46. The Morgan fingerprint density at radius 1 is 1.36 bits per heavy atom. The molecule has 5 nitrogen and oxygen atoms in total. The average Bonchev–Trinajstić information content (AvgIpc) is 2.99. The van der Waals surface area contributed by atoms with E-state index in [1.54, 1.807) is 18.4 Å². The maximum absolute atomic E-state index is 11.1. The third-order valence-corrected chi connectivity index (χ3v) is 4.36. The fourth-order valence-corrected chi connectivity index (χ4v) is 2.85. The van der Waals surface area contributed by atoms with Crippen molar-refractivity contribution in [3.05, 3.63) is 40.3 Å². The van der Waals surface area contributed by atoms with Gasteiger partial charge < -0.3 is 15.4 Å². The quantitative estimate of drug-likeness (QED) is 0.812. The summed E-state index contributed by atoms with van der Waals surface area (Å²) in [5.74, 6) is 0.506. The number of methoxy groups -OCH3 is 1. The summed E-state index contributed by atoms with van der Waals surface area (Å²) in [6, 6.07) is 7.77. The molecule has 0 fully saturated rings. The van der Waals surface area contributed by atoms with Crippen LogP contribution in [-0.2, 0) is 17.8 Å². The van der Waals surface area contributed by atoms with Gasteiger partial charge in [0.05, 0.1) is 24.4 Å². The molecule has 0 aliphatic heterocycles. The summed E-state index contributed by atoms with van der Waals surface area (Å²) in [6.45, 7) is 3.33. The van der Waals surface area contributed by atoms with Crippen LogP contribution in [0.25, 0.3) is 0 Å². The van der Waals surface area contributed by atoms with Crippen molar-refractivity contribution >= 4 is 22.9 Å². The van der Waals surface area contributed by atoms with Gasteiger partial charge in [0.25, 0.3) is 0 Å². The summed E-state index contributed by atoms with van der Waals surface area (Å²) < 4.78 is 5.18. The molecule has 1 amide bonds. The lowest BCUT2D eigenvalue weighted by Gasteiger charge is -2.23. The van der Waals surface area contributed by atoms with Crippen LogP contribution in [0, 0.1) is 0 Å². The standard InChI is InChI=1S/C16H21N3O2S/c1-3-16-18-12(11-22-16)10-19(9-8-15(17)20)13-4-6-14(21-2)7-5-13/h4-7,11H,3,8-10H2,1-2H3,(H2,17,20). The molecule has 0 unspecified atom stereocenters.